The molecule has 0 N–H and O–H groups in total. The van der Waals surface area contributed by atoms with Crippen LogP contribution >= 0.6 is 0 Å². The SMILES string of the molecule is CCCCCCOC1CCC(C)CC1. The highest BCUT2D eigenvalue weighted by Crippen LogP contribution is 2.25. The standard InChI is InChI=1S/C13H26O/c1-3-4-5-6-11-14-13-9-7-12(2)8-10-13/h12-13H,3-11H2,1-2H3. The molecular formula is C13H26O. The van der Waals surface area contributed by atoms with Gasteiger partial charge in [0.05, 0.1) is 6.10 Å². The van der Waals surface area contributed by atoms with E-state index in [9.17, 15) is 0 Å². The zero-order chi connectivity index (χ0) is 10.2. The van der Waals surface area contributed by atoms with Crippen LogP contribution in [0.4, 0.5) is 0 Å². The third-order valence-corrected chi connectivity index (χ3v) is 3.31. The summed E-state index contributed by atoms with van der Waals surface area (Å²) in [5, 5.41) is 0. The molecule has 1 rings (SSSR count). The van der Waals surface area contributed by atoms with Crippen molar-refractivity contribution >= 4 is 0 Å². The second-order valence-electron chi connectivity index (χ2n) is 4.81. The van der Waals surface area contributed by atoms with Crippen molar-refractivity contribution in [1.29, 1.82) is 0 Å². The molecule has 0 aromatic carbocycles. The van der Waals surface area contributed by atoms with E-state index in [1.807, 2.05) is 0 Å². The third kappa shape index (κ3) is 4.99. The lowest BCUT2D eigenvalue weighted by molar-refractivity contribution is 0.0179. The van der Waals surface area contributed by atoms with Crippen molar-refractivity contribution in [2.75, 3.05) is 6.61 Å². The molecule has 1 aliphatic carbocycles. The van der Waals surface area contributed by atoms with Crippen molar-refractivity contribution in [2.24, 2.45) is 5.92 Å². The second kappa shape index (κ2) is 7.28. The largest absolute Gasteiger partial charge is 0.378 e. The summed E-state index contributed by atoms with van der Waals surface area (Å²) >= 11 is 0. The van der Waals surface area contributed by atoms with Gasteiger partial charge in [-0.1, -0.05) is 33.1 Å². The summed E-state index contributed by atoms with van der Waals surface area (Å²) in [5.74, 6) is 0.940. The minimum atomic E-state index is 0.591. The molecule has 0 amide bonds. The van der Waals surface area contributed by atoms with Crippen LogP contribution in [0.3, 0.4) is 0 Å². The Kier molecular flexibility index (Phi) is 6.25. The fraction of sp³-hybridized carbons (Fsp3) is 1.00. The number of unbranched alkanes of at least 4 members (excludes halogenated alkanes) is 3. The number of rotatable bonds is 6. The van der Waals surface area contributed by atoms with Gasteiger partial charge in [-0.2, -0.15) is 0 Å². The maximum absolute atomic E-state index is 5.88. The van der Waals surface area contributed by atoms with E-state index in [-0.39, 0.29) is 0 Å². The summed E-state index contributed by atoms with van der Waals surface area (Å²) in [6.07, 6.45) is 11.2. The van der Waals surface area contributed by atoms with Crippen LogP contribution in [-0.4, -0.2) is 12.7 Å². The van der Waals surface area contributed by atoms with Gasteiger partial charge in [-0.3, -0.25) is 0 Å². The van der Waals surface area contributed by atoms with Gasteiger partial charge in [-0.05, 0) is 38.0 Å². The Balaban J connectivity index is 1.91. The molecule has 0 atom stereocenters. The fourth-order valence-electron chi connectivity index (χ4n) is 2.18. The van der Waals surface area contributed by atoms with Gasteiger partial charge in [-0.15, -0.1) is 0 Å². The molecule has 0 aromatic rings. The van der Waals surface area contributed by atoms with E-state index < -0.39 is 0 Å². The van der Waals surface area contributed by atoms with E-state index in [1.165, 1.54) is 51.4 Å². The Bertz CT molecular complexity index is 125. The Morgan fingerprint density at radius 3 is 2.36 bits per heavy atom. The zero-order valence-corrected chi connectivity index (χ0v) is 9.93. The molecule has 14 heavy (non-hydrogen) atoms. The van der Waals surface area contributed by atoms with Crippen molar-refractivity contribution in [3.05, 3.63) is 0 Å². The first-order chi connectivity index (χ1) is 6.83. The highest BCUT2D eigenvalue weighted by atomic mass is 16.5. The fourth-order valence-corrected chi connectivity index (χ4v) is 2.18. The van der Waals surface area contributed by atoms with Gasteiger partial charge in [0.15, 0.2) is 0 Å². The van der Waals surface area contributed by atoms with Crippen molar-refractivity contribution < 1.29 is 4.74 Å². The Morgan fingerprint density at radius 2 is 1.71 bits per heavy atom. The van der Waals surface area contributed by atoms with Crippen LogP contribution in [0.25, 0.3) is 0 Å². The van der Waals surface area contributed by atoms with Crippen molar-refractivity contribution in [2.45, 2.75) is 71.3 Å². The van der Waals surface area contributed by atoms with E-state index in [0.717, 1.165) is 12.5 Å². The third-order valence-electron chi connectivity index (χ3n) is 3.31. The normalized spacial score (nSPS) is 27.9. The Hall–Kier alpha value is -0.0400. The summed E-state index contributed by atoms with van der Waals surface area (Å²) in [7, 11) is 0. The van der Waals surface area contributed by atoms with Gasteiger partial charge in [0.1, 0.15) is 0 Å². The molecule has 0 unspecified atom stereocenters. The zero-order valence-electron chi connectivity index (χ0n) is 9.93. The summed E-state index contributed by atoms with van der Waals surface area (Å²) in [6, 6.07) is 0. The summed E-state index contributed by atoms with van der Waals surface area (Å²) in [4.78, 5) is 0. The van der Waals surface area contributed by atoms with Crippen LogP contribution in [-0.2, 0) is 4.74 Å². The van der Waals surface area contributed by atoms with Crippen molar-refractivity contribution in [1.82, 2.24) is 0 Å². The lowest BCUT2D eigenvalue weighted by Crippen LogP contribution is -2.20. The second-order valence-corrected chi connectivity index (χ2v) is 4.81. The molecule has 0 radical (unpaired) electrons. The predicted octanol–water partition coefficient (Wildman–Crippen LogP) is 4.16. The van der Waals surface area contributed by atoms with Crippen molar-refractivity contribution in [3.8, 4) is 0 Å². The molecule has 0 heterocycles. The van der Waals surface area contributed by atoms with Gasteiger partial charge < -0.3 is 4.74 Å². The van der Waals surface area contributed by atoms with Crippen LogP contribution in [0.2, 0.25) is 0 Å². The van der Waals surface area contributed by atoms with Gasteiger partial charge >= 0.3 is 0 Å². The highest BCUT2D eigenvalue weighted by Gasteiger charge is 2.17. The summed E-state index contributed by atoms with van der Waals surface area (Å²) in [5.41, 5.74) is 0. The average Bonchev–Trinajstić information content (AvgIpc) is 2.21. The van der Waals surface area contributed by atoms with Gasteiger partial charge in [0.2, 0.25) is 0 Å². The van der Waals surface area contributed by atoms with Gasteiger partial charge in [0.25, 0.3) is 0 Å². The van der Waals surface area contributed by atoms with E-state index >= 15 is 0 Å². The maximum Gasteiger partial charge on any atom is 0.0575 e. The molecule has 0 spiro atoms. The lowest BCUT2D eigenvalue weighted by Gasteiger charge is -2.26. The first-order valence-electron chi connectivity index (χ1n) is 6.44. The first-order valence-corrected chi connectivity index (χ1v) is 6.44. The number of ether oxygens (including phenoxy) is 1. The summed E-state index contributed by atoms with van der Waals surface area (Å²) in [6.45, 7) is 5.61. The summed E-state index contributed by atoms with van der Waals surface area (Å²) < 4.78 is 5.88. The Labute approximate surface area is 89.2 Å². The quantitative estimate of drug-likeness (QED) is 0.582. The molecule has 0 aliphatic heterocycles. The van der Waals surface area contributed by atoms with E-state index in [0.29, 0.717) is 6.10 Å². The molecule has 1 aliphatic rings. The van der Waals surface area contributed by atoms with Crippen LogP contribution in [0.5, 0.6) is 0 Å². The molecule has 0 bridgehead atoms. The first kappa shape index (κ1) is 12.0. The Morgan fingerprint density at radius 1 is 1.00 bits per heavy atom. The van der Waals surface area contributed by atoms with Crippen LogP contribution in [0, 0.1) is 5.92 Å². The van der Waals surface area contributed by atoms with E-state index in [1.54, 1.807) is 0 Å². The topological polar surface area (TPSA) is 9.23 Å². The highest BCUT2D eigenvalue weighted by molar-refractivity contribution is 4.69. The number of hydrogen-bond donors (Lipinski definition) is 0. The van der Waals surface area contributed by atoms with Crippen molar-refractivity contribution in [3.63, 3.8) is 0 Å². The molecule has 1 nitrogen and oxygen atoms in total. The van der Waals surface area contributed by atoms with Gasteiger partial charge in [-0.25, -0.2) is 0 Å². The minimum absolute atomic E-state index is 0.591. The van der Waals surface area contributed by atoms with Crippen LogP contribution in [0.1, 0.15) is 65.2 Å². The molecule has 0 aromatic heterocycles. The smallest absolute Gasteiger partial charge is 0.0575 e. The average molecular weight is 198 g/mol. The predicted molar refractivity (Wildman–Crippen MR) is 61.5 cm³/mol. The van der Waals surface area contributed by atoms with Gasteiger partial charge in [0, 0.05) is 6.61 Å². The molecule has 1 saturated carbocycles. The molecule has 1 heteroatoms. The van der Waals surface area contributed by atoms with E-state index in [4.69, 9.17) is 4.74 Å². The molecular weight excluding hydrogens is 172 g/mol. The molecule has 1 fully saturated rings. The van der Waals surface area contributed by atoms with Crippen LogP contribution < -0.4 is 0 Å². The lowest BCUT2D eigenvalue weighted by atomic mass is 9.89. The molecule has 84 valence electrons. The van der Waals surface area contributed by atoms with E-state index in [2.05, 4.69) is 13.8 Å². The number of hydrogen-bond acceptors (Lipinski definition) is 1. The molecule has 0 saturated heterocycles. The maximum atomic E-state index is 5.88. The monoisotopic (exact) mass is 198 g/mol. The van der Waals surface area contributed by atoms with Crippen LogP contribution in [0.15, 0.2) is 0 Å². The minimum Gasteiger partial charge on any atom is -0.378 e.